The van der Waals surface area contributed by atoms with E-state index in [0.29, 0.717) is 40.1 Å². The average molecular weight is 757 g/mol. The van der Waals surface area contributed by atoms with Gasteiger partial charge in [0.05, 0.1) is 16.7 Å². The van der Waals surface area contributed by atoms with Gasteiger partial charge in [-0.1, -0.05) is 47.9 Å². The number of aromatic carboxylic acids is 1. The minimum atomic E-state index is -0.983. The number of ether oxygens (including phenoxy) is 2. The van der Waals surface area contributed by atoms with Crippen LogP contribution in [0.2, 0.25) is 0 Å². The van der Waals surface area contributed by atoms with Crippen LogP contribution in [0.5, 0.6) is 0 Å². The van der Waals surface area contributed by atoms with Crippen molar-refractivity contribution in [3.63, 3.8) is 0 Å². The summed E-state index contributed by atoms with van der Waals surface area (Å²) in [5.41, 5.74) is 8.57. The molecule has 2 aliphatic rings. The van der Waals surface area contributed by atoms with Crippen molar-refractivity contribution >= 4 is 24.3 Å². The van der Waals surface area contributed by atoms with Gasteiger partial charge in [0.15, 0.2) is 0 Å². The van der Waals surface area contributed by atoms with Gasteiger partial charge in [0.25, 0.3) is 5.91 Å². The maximum Gasteiger partial charge on any atom is 0.335 e. The summed E-state index contributed by atoms with van der Waals surface area (Å²) in [4.78, 5) is 23.1. The van der Waals surface area contributed by atoms with Gasteiger partial charge in [-0.25, -0.2) is 13.6 Å². The molecule has 10 heteroatoms. The monoisotopic (exact) mass is 756 g/mol. The lowest BCUT2D eigenvalue weighted by Gasteiger charge is -2.28. The largest absolute Gasteiger partial charge is 0.478 e. The number of carbonyl (C=O) groups is 2. The predicted molar refractivity (Wildman–Crippen MR) is 210 cm³/mol. The van der Waals surface area contributed by atoms with E-state index in [-0.39, 0.29) is 41.6 Å². The molecular weight excluding hydrogens is 710 g/mol. The number of rotatable bonds is 5. The summed E-state index contributed by atoms with van der Waals surface area (Å²) in [6, 6.07) is 26.3. The van der Waals surface area contributed by atoms with Crippen LogP contribution in [0.15, 0.2) is 97.1 Å². The normalized spacial score (nSPS) is 15.0. The Labute approximate surface area is 323 Å². The molecule has 54 heavy (non-hydrogen) atoms. The summed E-state index contributed by atoms with van der Waals surface area (Å²) in [6.07, 6.45) is 4.26. The summed E-state index contributed by atoms with van der Waals surface area (Å²) in [5.74, 6) is 10.6. The first-order valence-electron chi connectivity index (χ1n) is 17.8. The molecule has 0 saturated carbocycles. The third kappa shape index (κ3) is 14.4. The highest BCUT2D eigenvalue weighted by Crippen LogP contribution is 2.19. The number of amides is 1. The Kier molecular flexibility index (Phi) is 18.4. The average Bonchev–Trinajstić information content (AvgIpc) is 3.19. The quantitative estimate of drug-likeness (QED) is 0.179. The molecule has 2 saturated heterocycles. The lowest BCUT2D eigenvalue weighted by atomic mass is 9.93. The van der Waals surface area contributed by atoms with Gasteiger partial charge in [-0.05, 0) is 124 Å². The van der Waals surface area contributed by atoms with Gasteiger partial charge in [-0.2, -0.15) is 0 Å². The van der Waals surface area contributed by atoms with Crippen LogP contribution in [-0.4, -0.2) is 55.5 Å². The third-order valence-electron chi connectivity index (χ3n) is 9.05. The molecule has 4 aromatic carbocycles. The Hall–Kier alpha value is -5.03. The van der Waals surface area contributed by atoms with Crippen LogP contribution in [0.1, 0.15) is 82.5 Å². The number of nitrogens with two attached hydrogens (primary N) is 1. The SMILES string of the molecule is C[C@@H](N)C1CCOCC1.C[C@@H](NC(=O)c1ccc(C#Cc2ccccc2F)cc1)C1CCOCC1.Cl.O=C(O)c1ccc(C#Cc2ccccc2F)cc1. The number of nitrogens with one attached hydrogen (secondary N) is 1. The van der Waals surface area contributed by atoms with Crippen molar-refractivity contribution in [2.75, 3.05) is 26.4 Å². The van der Waals surface area contributed by atoms with Crippen LogP contribution in [0, 0.1) is 47.2 Å². The molecule has 2 aliphatic heterocycles. The number of carbonyl (C=O) groups excluding carboxylic acids is 1. The number of benzene rings is 4. The molecule has 6 rings (SSSR count). The van der Waals surface area contributed by atoms with Gasteiger partial charge in [0, 0.05) is 55.2 Å². The molecule has 284 valence electrons. The highest BCUT2D eigenvalue weighted by molar-refractivity contribution is 5.94. The maximum atomic E-state index is 13.6. The Morgan fingerprint density at radius 1 is 0.667 bits per heavy atom. The fraction of sp³-hybridized carbons (Fsp3) is 0.318. The van der Waals surface area contributed by atoms with Gasteiger partial charge in [-0.3, -0.25) is 4.79 Å². The summed E-state index contributed by atoms with van der Waals surface area (Å²) < 4.78 is 37.4. The topological polar surface area (TPSA) is 111 Å². The first-order chi connectivity index (χ1) is 25.6. The lowest BCUT2D eigenvalue weighted by molar-refractivity contribution is 0.0538. The second-order valence-corrected chi connectivity index (χ2v) is 12.9. The molecule has 4 N–H and O–H groups in total. The number of hydrogen-bond donors (Lipinski definition) is 3. The molecule has 0 radical (unpaired) electrons. The van der Waals surface area contributed by atoms with Crippen molar-refractivity contribution in [2.24, 2.45) is 17.6 Å². The Morgan fingerprint density at radius 3 is 1.46 bits per heavy atom. The molecule has 4 aromatic rings. The zero-order chi connectivity index (χ0) is 38.0. The molecule has 0 spiro atoms. The summed E-state index contributed by atoms with van der Waals surface area (Å²) in [7, 11) is 0. The molecule has 0 bridgehead atoms. The molecule has 2 fully saturated rings. The molecule has 0 unspecified atom stereocenters. The van der Waals surface area contributed by atoms with Crippen LogP contribution < -0.4 is 11.1 Å². The minimum absolute atomic E-state index is 0. The van der Waals surface area contributed by atoms with E-state index in [1.165, 1.54) is 24.3 Å². The summed E-state index contributed by atoms with van der Waals surface area (Å²) >= 11 is 0. The van der Waals surface area contributed by atoms with Gasteiger partial charge in [0.2, 0.25) is 0 Å². The molecule has 2 heterocycles. The second-order valence-electron chi connectivity index (χ2n) is 12.9. The van der Waals surface area contributed by atoms with Crippen LogP contribution in [0.25, 0.3) is 0 Å². The zero-order valence-electron chi connectivity index (χ0n) is 30.5. The van der Waals surface area contributed by atoms with Crippen molar-refractivity contribution in [2.45, 2.75) is 51.6 Å². The van der Waals surface area contributed by atoms with Gasteiger partial charge in [-0.15, -0.1) is 12.4 Å². The van der Waals surface area contributed by atoms with Gasteiger partial charge >= 0.3 is 5.97 Å². The van der Waals surface area contributed by atoms with E-state index >= 15 is 0 Å². The number of carboxylic acid groups (broad SMARTS) is 1. The number of halogens is 3. The van der Waals surface area contributed by atoms with E-state index in [2.05, 4.69) is 35.9 Å². The predicted octanol–water partition coefficient (Wildman–Crippen LogP) is 7.88. The summed E-state index contributed by atoms with van der Waals surface area (Å²) in [5, 5.41) is 11.8. The Morgan fingerprint density at radius 2 is 1.07 bits per heavy atom. The van der Waals surface area contributed by atoms with Crippen molar-refractivity contribution in [3.05, 3.63) is 142 Å². The van der Waals surface area contributed by atoms with Gasteiger partial charge in [0.1, 0.15) is 11.6 Å². The Balaban J connectivity index is 0.000000242. The van der Waals surface area contributed by atoms with E-state index in [9.17, 15) is 18.4 Å². The molecular formula is C44H47ClF2N2O5. The molecule has 0 aromatic heterocycles. The van der Waals surface area contributed by atoms with Crippen LogP contribution >= 0.6 is 12.4 Å². The fourth-order valence-corrected chi connectivity index (χ4v) is 5.67. The smallest absolute Gasteiger partial charge is 0.335 e. The second kappa shape index (κ2) is 22.9. The first-order valence-corrected chi connectivity index (χ1v) is 17.8. The molecule has 0 aliphatic carbocycles. The third-order valence-corrected chi connectivity index (χ3v) is 9.05. The van der Waals surface area contributed by atoms with Crippen LogP contribution in [-0.2, 0) is 9.47 Å². The molecule has 1 amide bonds. The lowest BCUT2D eigenvalue weighted by Crippen LogP contribution is -2.40. The van der Waals surface area contributed by atoms with E-state index < -0.39 is 5.97 Å². The minimum Gasteiger partial charge on any atom is -0.478 e. The standard InChI is InChI=1S/C22H22FNO2.C15H9FO2.C7H15NO.ClH/c1-16(18-12-14-26-15-13-18)24-22(25)20-10-7-17(8-11-20)6-9-19-4-2-3-5-21(19)23;16-14-4-2-1-3-12(14)8-5-11-6-9-13(10-7-11)15(17)18;1-6(8)7-2-4-9-5-3-7;/h2-5,7-8,10-11,16,18H,12-15H2,1H3,(H,24,25);1-4,6-7,9-10H,(H,17,18);6-7H,2-5,8H2,1H3;1H/t16-;;6-;/m1.1./s1. The highest BCUT2D eigenvalue weighted by Gasteiger charge is 2.22. The van der Waals surface area contributed by atoms with Crippen LogP contribution in [0.3, 0.4) is 0 Å². The van der Waals surface area contributed by atoms with Crippen LogP contribution in [0.4, 0.5) is 8.78 Å². The first kappa shape index (κ1) is 43.4. The van der Waals surface area contributed by atoms with Gasteiger partial charge < -0.3 is 25.6 Å². The number of hydrogen-bond acceptors (Lipinski definition) is 5. The fourth-order valence-electron chi connectivity index (χ4n) is 5.67. The maximum absolute atomic E-state index is 13.6. The van der Waals surface area contributed by atoms with Crippen molar-refractivity contribution in [3.8, 4) is 23.7 Å². The van der Waals surface area contributed by atoms with E-state index in [0.717, 1.165) is 57.7 Å². The highest BCUT2D eigenvalue weighted by atomic mass is 35.5. The zero-order valence-corrected chi connectivity index (χ0v) is 31.3. The van der Waals surface area contributed by atoms with Crippen molar-refractivity contribution < 1.29 is 33.0 Å². The van der Waals surface area contributed by atoms with Crippen molar-refractivity contribution in [1.82, 2.24) is 5.32 Å². The van der Waals surface area contributed by atoms with Crippen molar-refractivity contribution in [1.29, 1.82) is 0 Å². The van der Waals surface area contributed by atoms with E-state index in [1.807, 2.05) is 6.92 Å². The number of carboxylic acids is 1. The van der Waals surface area contributed by atoms with E-state index in [4.69, 9.17) is 20.3 Å². The van der Waals surface area contributed by atoms with E-state index in [1.54, 1.807) is 72.8 Å². The molecule has 2 atom stereocenters. The Bertz CT molecular complexity index is 1900. The summed E-state index contributed by atoms with van der Waals surface area (Å²) in [6.45, 7) is 7.47. The molecule has 7 nitrogen and oxygen atoms in total.